The molecule has 1 aromatic heterocycles. The molecule has 1 N–H and O–H groups in total. The largest absolute Gasteiger partial charge is 0.489 e. The van der Waals surface area contributed by atoms with Crippen molar-refractivity contribution in [3.8, 4) is 11.5 Å². The number of aromatic nitrogens is 2. The molecule has 1 aromatic carbocycles. The topological polar surface area (TPSA) is 93.7 Å². The highest BCUT2D eigenvalue weighted by atomic mass is 32.1. The van der Waals surface area contributed by atoms with Crippen LogP contribution in [0.3, 0.4) is 0 Å². The van der Waals surface area contributed by atoms with Gasteiger partial charge in [0, 0.05) is 36.3 Å². The zero-order chi connectivity index (χ0) is 23.5. The number of nitrogens with zero attached hydrogens (tertiary/aromatic N) is 3. The molecule has 0 spiro atoms. The third-order valence-electron chi connectivity index (χ3n) is 5.58. The molecule has 1 aliphatic carbocycles. The van der Waals surface area contributed by atoms with Gasteiger partial charge in [0.2, 0.25) is 16.9 Å². The van der Waals surface area contributed by atoms with Crippen LogP contribution in [0.4, 0.5) is 13.9 Å². The van der Waals surface area contributed by atoms with Crippen molar-refractivity contribution in [2.75, 3.05) is 25.0 Å². The molecule has 1 saturated heterocycles. The summed E-state index contributed by atoms with van der Waals surface area (Å²) in [5, 5.41) is 3.09. The predicted octanol–water partition coefficient (Wildman–Crippen LogP) is 4.01. The average molecular weight is 481 g/mol. The number of likely N-dealkylation sites (tertiary alicyclic amines) is 1. The van der Waals surface area contributed by atoms with Crippen molar-refractivity contribution in [2.45, 2.75) is 51.6 Å². The standard InChI is InChI=1S/C22H26F2N4O4S/c1-12(2)20-26-22(33-27-20)25-18(29)10-28-9-15(8-19(28)30)14-5-6-16(32-21(23)24)17(7-14)31-11-13-3-4-13/h5-7,12-13,15,21H,3-4,8-11H2,1-2H3,(H,25,26,27,29). The second-order valence-corrected chi connectivity index (χ2v) is 9.43. The van der Waals surface area contributed by atoms with E-state index in [0.717, 1.165) is 29.9 Å². The van der Waals surface area contributed by atoms with Gasteiger partial charge in [0.25, 0.3) is 0 Å². The number of benzene rings is 1. The number of rotatable bonds is 10. The molecule has 178 valence electrons. The van der Waals surface area contributed by atoms with Crippen molar-refractivity contribution in [1.82, 2.24) is 14.3 Å². The Balaban J connectivity index is 1.38. The molecule has 1 atom stereocenters. The van der Waals surface area contributed by atoms with E-state index >= 15 is 0 Å². The Hall–Kier alpha value is -2.82. The Bertz CT molecular complexity index is 1010. The molecule has 0 bridgehead atoms. The van der Waals surface area contributed by atoms with E-state index in [9.17, 15) is 18.4 Å². The lowest BCUT2D eigenvalue weighted by molar-refractivity contribution is -0.131. The van der Waals surface area contributed by atoms with Crippen molar-refractivity contribution in [1.29, 1.82) is 0 Å². The van der Waals surface area contributed by atoms with Gasteiger partial charge in [0.05, 0.1) is 13.2 Å². The molecule has 2 aromatic rings. The van der Waals surface area contributed by atoms with Gasteiger partial charge in [-0.15, -0.1) is 0 Å². The number of amides is 2. The zero-order valence-corrected chi connectivity index (χ0v) is 19.2. The van der Waals surface area contributed by atoms with Crippen LogP contribution in [0, 0.1) is 5.92 Å². The van der Waals surface area contributed by atoms with Gasteiger partial charge in [-0.25, -0.2) is 4.98 Å². The molecule has 1 aliphatic heterocycles. The Morgan fingerprint density at radius 3 is 2.76 bits per heavy atom. The number of nitrogens with one attached hydrogen (secondary N) is 1. The molecule has 8 nitrogen and oxygen atoms in total. The molecule has 2 amide bonds. The minimum Gasteiger partial charge on any atom is -0.489 e. The summed E-state index contributed by atoms with van der Waals surface area (Å²) >= 11 is 1.10. The highest BCUT2D eigenvalue weighted by molar-refractivity contribution is 7.09. The van der Waals surface area contributed by atoms with Gasteiger partial charge >= 0.3 is 6.61 Å². The fraction of sp³-hybridized carbons (Fsp3) is 0.545. The predicted molar refractivity (Wildman–Crippen MR) is 118 cm³/mol. The van der Waals surface area contributed by atoms with E-state index < -0.39 is 6.61 Å². The summed E-state index contributed by atoms with van der Waals surface area (Å²) in [6, 6.07) is 4.78. The number of halogens is 2. The smallest absolute Gasteiger partial charge is 0.387 e. The number of alkyl halides is 2. The lowest BCUT2D eigenvalue weighted by Gasteiger charge is -2.17. The number of hydrogen-bond donors (Lipinski definition) is 1. The fourth-order valence-electron chi connectivity index (χ4n) is 3.58. The van der Waals surface area contributed by atoms with E-state index in [1.165, 1.54) is 11.0 Å². The van der Waals surface area contributed by atoms with E-state index in [4.69, 9.17) is 4.74 Å². The molecular weight excluding hydrogens is 454 g/mol. The summed E-state index contributed by atoms with van der Waals surface area (Å²) in [6.45, 7) is 1.67. The van der Waals surface area contributed by atoms with Crippen LogP contribution in [0.15, 0.2) is 18.2 Å². The minimum absolute atomic E-state index is 0.0206. The maximum absolute atomic E-state index is 12.8. The van der Waals surface area contributed by atoms with E-state index in [0.29, 0.717) is 30.0 Å². The summed E-state index contributed by atoms with van der Waals surface area (Å²) in [7, 11) is 0. The molecule has 2 aliphatic rings. The van der Waals surface area contributed by atoms with Gasteiger partial charge in [-0.3, -0.25) is 14.9 Å². The van der Waals surface area contributed by atoms with Crippen LogP contribution in [-0.4, -0.2) is 52.4 Å². The van der Waals surface area contributed by atoms with Gasteiger partial charge in [-0.05, 0) is 36.5 Å². The summed E-state index contributed by atoms with van der Waals surface area (Å²) in [6.07, 6.45) is 2.35. The van der Waals surface area contributed by atoms with Gasteiger partial charge in [-0.2, -0.15) is 13.2 Å². The molecule has 33 heavy (non-hydrogen) atoms. The van der Waals surface area contributed by atoms with Crippen LogP contribution in [-0.2, 0) is 9.59 Å². The number of hydrogen-bond acceptors (Lipinski definition) is 7. The van der Waals surface area contributed by atoms with Crippen molar-refractivity contribution in [3.05, 3.63) is 29.6 Å². The van der Waals surface area contributed by atoms with Crippen molar-refractivity contribution in [3.63, 3.8) is 0 Å². The number of carbonyl (C=O) groups is 2. The quantitative estimate of drug-likeness (QED) is 0.552. The van der Waals surface area contributed by atoms with E-state index in [2.05, 4.69) is 19.4 Å². The zero-order valence-electron chi connectivity index (χ0n) is 18.4. The van der Waals surface area contributed by atoms with E-state index in [-0.39, 0.29) is 48.1 Å². The van der Waals surface area contributed by atoms with Crippen LogP contribution < -0.4 is 14.8 Å². The second kappa shape index (κ2) is 9.98. The number of carbonyl (C=O) groups excluding carboxylic acids is 2. The molecule has 11 heteroatoms. The fourth-order valence-corrected chi connectivity index (χ4v) is 4.30. The lowest BCUT2D eigenvalue weighted by Crippen LogP contribution is -2.34. The van der Waals surface area contributed by atoms with Gasteiger partial charge in [0.15, 0.2) is 11.5 Å². The van der Waals surface area contributed by atoms with Crippen molar-refractivity contribution < 1.29 is 27.8 Å². The minimum atomic E-state index is -2.95. The summed E-state index contributed by atoms with van der Waals surface area (Å²) in [5.74, 6) is 0.819. The first-order valence-corrected chi connectivity index (χ1v) is 11.7. The molecule has 2 heterocycles. The van der Waals surface area contributed by atoms with Crippen molar-refractivity contribution >= 4 is 28.5 Å². The molecule has 2 fully saturated rings. The van der Waals surface area contributed by atoms with Crippen LogP contribution >= 0.6 is 11.5 Å². The first kappa shape index (κ1) is 23.3. The Morgan fingerprint density at radius 2 is 2.09 bits per heavy atom. The summed E-state index contributed by atoms with van der Waals surface area (Å²) < 4.78 is 40.0. The van der Waals surface area contributed by atoms with Crippen LogP contribution in [0.1, 0.15) is 56.3 Å². The van der Waals surface area contributed by atoms with Gasteiger partial charge in [0.1, 0.15) is 5.82 Å². The molecule has 0 radical (unpaired) electrons. The monoisotopic (exact) mass is 480 g/mol. The maximum atomic E-state index is 12.8. The van der Waals surface area contributed by atoms with Crippen molar-refractivity contribution in [2.24, 2.45) is 5.92 Å². The average Bonchev–Trinajstić information content (AvgIpc) is 3.35. The SMILES string of the molecule is CC(C)c1nsc(NC(=O)CN2CC(c3ccc(OC(F)F)c(OCC4CC4)c3)CC2=O)n1. The van der Waals surface area contributed by atoms with E-state index in [1.807, 2.05) is 13.8 Å². The summed E-state index contributed by atoms with van der Waals surface area (Å²) in [5.41, 5.74) is 0.782. The first-order valence-electron chi connectivity index (χ1n) is 10.9. The molecular formula is C22H26F2N4O4S. The van der Waals surface area contributed by atoms with E-state index in [1.54, 1.807) is 12.1 Å². The number of anilines is 1. The normalized spacial score (nSPS) is 18.3. The molecule has 1 saturated carbocycles. The lowest BCUT2D eigenvalue weighted by atomic mass is 9.98. The van der Waals surface area contributed by atoms with Crippen LogP contribution in [0.2, 0.25) is 0 Å². The van der Waals surface area contributed by atoms with Gasteiger partial charge in [-0.1, -0.05) is 19.9 Å². The maximum Gasteiger partial charge on any atom is 0.387 e. The highest BCUT2D eigenvalue weighted by Crippen LogP contribution is 2.37. The second-order valence-electron chi connectivity index (χ2n) is 8.67. The van der Waals surface area contributed by atoms with Crippen LogP contribution in [0.5, 0.6) is 11.5 Å². The Morgan fingerprint density at radius 1 is 1.30 bits per heavy atom. The first-order chi connectivity index (χ1) is 15.8. The van der Waals surface area contributed by atoms with Gasteiger partial charge < -0.3 is 14.4 Å². The third-order valence-corrected chi connectivity index (χ3v) is 6.22. The Kier molecular flexibility index (Phi) is 7.06. The third kappa shape index (κ3) is 6.16. The Labute approximate surface area is 194 Å². The molecule has 4 rings (SSSR count). The number of ether oxygens (including phenoxy) is 2. The highest BCUT2D eigenvalue weighted by Gasteiger charge is 2.33. The summed E-state index contributed by atoms with van der Waals surface area (Å²) in [4.78, 5) is 30.7. The molecule has 1 unspecified atom stereocenters. The van der Waals surface area contributed by atoms with Crippen LogP contribution in [0.25, 0.3) is 0 Å².